The highest BCUT2D eigenvalue weighted by atomic mass is 16.5. The molecule has 0 aliphatic rings. The van der Waals surface area contributed by atoms with Gasteiger partial charge in [0.2, 0.25) is 0 Å². The lowest BCUT2D eigenvalue weighted by molar-refractivity contribution is -0.121. The second-order valence-electron chi connectivity index (χ2n) is 4.76. The van der Waals surface area contributed by atoms with Crippen molar-refractivity contribution < 1.29 is 9.53 Å². The molecule has 0 N–H and O–H groups in total. The van der Waals surface area contributed by atoms with Crippen LogP contribution < -0.4 is 4.74 Å². The second kappa shape index (κ2) is 6.43. The number of carbonyl (C=O) groups is 1. The van der Waals surface area contributed by atoms with Crippen LogP contribution in [0.25, 0.3) is 0 Å². The third kappa shape index (κ3) is 4.22. The zero-order valence-electron chi connectivity index (χ0n) is 11.2. The Morgan fingerprint density at radius 1 is 1.35 bits per heavy atom. The number of carbonyl (C=O) groups excluding carboxylic acids is 1. The minimum atomic E-state index is 0.168. The first-order valence-corrected chi connectivity index (χ1v) is 6.29. The average molecular weight is 234 g/mol. The minimum Gasteiger partial charge on any atom is -0.486 e. The number of hydrogen-bond donors (Lipinski definition) is 0. The highest BCUT2D eigenvalue weighted by Gasteiger charge is 2.07. The van der Waals surface area contributed by atoms with E-state index in [4.69, 9.17) is 4.74 Å². The highest BCUT2D eigenvalue weighted by Crippen LogP contribution is 2.24. The molecular formula is C15H22O2. The molecule has 0 spiro atoms. The zero-order chi connectivity index (χ0) is 12.8. The van der Waals surface area contributed by atoms with Crippen LogP contribution in [0.5, 0.6) is 5.75 Å². The number of hydrogen-bond acceptors (Lipinski definition) is 2. The molecule has 1 rings (SSSR count). The molecule has 0 aliphatic heterocycles. The van der Waals surface area contributed by atoms with Gasteiger partial charge in [0.05, 0.1) is 0 Å². The Morgan fingerprint density at radius 3 is 2.65 bits per heavy atom. The van der Waals surface area contributed by atoms with Crippen molar-refractivity contribution in [2.24, 2.45) is 0 Å². The first kappa shape index (κ1) is 13.8. The first-order valence-electron chi connectivity index (χ1n) is 6.29. The summed E-state index contributed by atoms with van der Waals surface area (Å²) in [6, 6.07) is 6.20. The Kier molecular flexibility index (Phi) is 5.20. The second-order valence-corrected chi connectivity index (χ2v) is 4.76. The molecule has 2 nitrogen and oxygen atoms in total. The van der Waals surface area contributed by atoms with Crippen molar-refractivity contribution in [3.63, 3.8) is 0 Å². The maximum atomic E-state index is 11.4. The fraction of sp³-hybridized carbons (Fsp3) is 0.533. The highest BCUT2D eigenvalue weighted by molar-refractivity contribution is 5.79. The third-order valence-corrected chi connectivity index (χ3v) is 2.80. The topological polar surface area (TPSA) is 26.3 Å². The van der Waals surface area contributed by atoms with Gasteiger partial charge in [-0.1, -0.05) is 32.9 Å². The summed E-state index contributed by atoms with van der Waals surface area (Å²) >= 11 is 0. The Labute approximate surface area is 104 Å². The standard InChI is InChI=1S/C15H22O2/c1-5-6-14(16)10-17-15-9-13(11(2)3)8-7-12(15)4/h7-9,11H,5-6,10H2,1-4H3. The monoisotopic (exact) mass is 234 g/mol. The van der Waals surface area contributed by atoms with E-state index in [1.165, 1.54) is 5.56 Å². The summed E-state index contributed by atoms with van der Waals surface area (Å²) in [6.07, 6.45) is 1.48. The van der Waals surface area contributed by atoms with Gasteiger partial charge in [-0.3, -0.25) is 4.79 Å². The largest absolute Gasteiger partial charge is 0.486 e. The van der Waals surface area contributed by atoms with Crippen LogP contribution in [0.2, 0.25) is 0 Å². The molecular weight excluding hydrogens is 212 g/mol. The van der Waals surface area contributed by atoms with Gasteiger partial charge in [-0.15, -0.1) is 0 Å². The van der Waals surface area contributed by atoms with Gasteiger partial charge in [0.15, 0.2) is 5.78 Å². The molecule has 1 aromatic carbocycles. The van der Waals surface area contributed by atoms with Gasteiger partial charge in [-0.05, 0) is 36.5 Å². The summed E-state index contributed by atoms with van der Waals surface area (Å²) in [5.41, 5.74) is 2.33. The molecule has 94 valence electrons. The lowest BCUT2D eigenvalue weighted by atomic mass is 10.0. The summed E-state index contributed by atoms with van der Waals surface area (Å²) < 4.78 is 5.59. The molecule has 0 radical (unpaired) electrons. The van der Waals surface area contributed by atoms with Crippen LogP contribution in [0.3, 0.4) is 0 Å². The maximum Gasteiger partial charge on any atom is 0.170 e. The predicted octanol–water partition coefficient (Wildman–Crippen LogP) is 3.87. The van der Waals surface area contributed by atoms with Crippen LogP contribution in [0.4, 0.5) is 0 Å². The summed E-state index contributed by atoms with van der Waals surface area (Å²) in [4.78, 5) is 11.4. The molecule has 0 unspecified atom stereocenters. The van der Waals surface area contributed by atoms with Crippen LogP contribution in [0.1, 0.15) is 50.7 Å². The Bertz CT molecular complexity index is 381. The average Bonchev–Trinajstić information content (AvgIpc) is 2.28. The van der Waals surface area contributed by atoms with Crippen LogP contribution in [-0.2, 0) is 4.79 Å². The fourth-order valence-corrected chi connectivity index (χ4v) is 1.64. The van der Waals surface area contributed by atoms with Gasteiger partial charge in [0.1, 0.15) is 12.4 Å². The number of benzene rings is 1. The number of ether oxygens (including phenoxy) is 1. The van der Waals surface area contributed by atoms with Gasteiger partial charge in [0.25, 0.3) is 0 Å². The van der Waals surface area contributed by atoms with Crippen LogP contribution >= 0.6 is 0 Å². The van der Waals surface area contributed by atoms with E-state index in [0.29, 0.717) is 12.3 Å². The van der Waals surface area contributed by atoms with E-state index in [1.54, 1.807) is 0 Å². The van der Waals surface area contributed by atoms with E-state index in [-0.39, 0.29) is 12.4 Å². The van der Waals surface area contributed by atoms with Crippen molar-refractivity contribution in [3.05, 3.63) is 29.3 Å². The lowest BCUT2D eigenvalue weighted by Crippen LogP contribution is -2.11. The molecule has 0 atom stereocenters. The summed E-state index contributed by atoms with van der Waals surface area (Å²) in [5, 5.41) is 0. The van der Waals surface area contributed by atoms with Gasteiger partial charge >= 0.3 is 0 Å². The molecule has 2 heteroatoms. The van der Waals surface area contributed by atoms with Crippen LogP contribution in [0.15, 0.2) is 18.2 Å². The van der Waals surface area contributed by atoms with Gasteiger partial charge in [-0.2, -0.15) is 0 Å². The summed E-state index contributed by atoms with van der Waals surface area (Å²) in [6.45, 7) is 8.50. The van der Waals surface area contributed by atoms with Gasteiger partial charge < -0.3 is 4.74 Å². The molecule has 0 aliphatic carbocycles. The number of aryl methyl sites for hydroxylation is 1. The summed E-state index contributed by atoms with van der Waals surface area (Å²) in [7, 11) is 0. The molecule has 0 heterocycles. The van der Waals surface area contributed by atoms with E-state index in [1.807, 2.05) is 19.9 Å². The fourth-order valence-electron chi connectivity index (χ4n) is 1.64. The number of ketones is 1. The smallest absolute Gasteiger partial charge is 0.170 e. The van der Waals surface area contributed by atoms with E-state index in [0.717, 1.165) is 17.7 Å². The molecule has 0 aromatic heterocycles. The molecule has 0 fully saturated rings. The molecule has 0 saturated carbocycles. The predicted molar refractivity (Wildman–Crippen MR) is 70.7 cm³/mol. The molecule has 17 heavy (non-hydrogen) atoms. The lowest BCUT2D eigenvalue weighted by Gasteiger charge is -2.12. The first-order chi connectivity index (χ1) is 8.04. The third-order valence-electron chi connectivity index (χ3n) is 2.80. The maximum absolute atomic E-state index is 11.4. The van der Waals surface area contributed by atoms with E-state index < -0.39 is 0 Å². The zero-order valence-corrected chi connectivity index (χ0v) is 11.2. The Balaban J connectivity index is 2.69. The number of rotatable bonds is 6. The SMILES string of the molecule is CCCC(=O)COc1cc(C(C)C)ccc1C. The van der Waals surface area contributed by atoms with Gasteiger partial charge in [0, 0.05) is 6.42 Å². The van der Waals surface area contributed by atoms with Crippen molar-refractivity contribution in [3.8, 4) is 5.75 Å². The van der Waals surface area contributed by atoms with Crippen molar-refractivity contribution >= 4 is 5.78 Å². The Hall–Kier alpha value is -1.31. The van der Waals surface area contributed by atoms with Crippen molar-refractivity contribution in [1.82, 2.24) is 0 Å². The minimum absolute atomic E-state index is 0.168. The Morgan fingerprint density at radius 2 is 2.06 bits per heavy atom. The quantitative estimate of drug-likeness (QED) is 0.747. The van der Waals surface area contributed by atoms with Crippen molar-refractivity contribution in [2.75, 3.05) is 6.61 Å². The van der Waals surface area contributed by atoms with Crippen molar-refractivity contribution in [2.45, 2.75) is 46.5 Å². The van der Waals surface area contributed by atoms with E-state index in [2.05, 4.69) is 26.0 Å². The van der Waals surface area contributed by atoms with Gasteiger partial charge in [-0.25, -0.2) is 0 Å². The van der Waals surface area contributed by atoms with E-state index in [9.17, 15) is 4.79 Å². The molecule has 0 saturated heterocycles. The normalized spacial score (nSPS) is 10.6. The van der Waals surface area contributed by atoms with Crippen LogP contribution in [-0.4, -0.2) is 12.4 Å². The molecule has 1 aromatic rings. The van der Waals surface area contributed by atoms with E-state index >= 15 is 0 Å². The van der Waals surface area contributed by atoms with Crippen LogP contribution in [0, 0.1) is 6.92 Å². The molecule has 0 bridgehead atoms. The van der Waals surface area contributed by atoms with Crippen molar-refractivity contribution in [1.29, 1.82) is 0 Å². The number of Topliss-reactive ketones (excluding diaryl/α,β-unsaturated/α-hetero) is 1. The molecule has 0 amide bonds. The summed E-state index contributed by atoms with van der Waals surface area (Å²) in [5.74, 6) is 1.48.